The van der Waals surface area contributed by atoms with E-state index in [9.17, 15) is 9.59 Å². The summed E-state index contributed by atoms with van der Waals surface area (Å²) in [5.41, 5.74) is -0.210. The molecule has 1 aromatic carbocycles. The number of carboxylic acid groups (broad SMARTS) is 1. The number of carbonyl (C=O) groups excluding carboxylic acids is 1. The predicted molar refractivity (Wildman–Crippen MR) is 89.6 cm³/mol. The lowest BCUT2D eigenvalue weighted by molar-refractivity contribution is -0.135. The molecule has 0 bridgehead atoms. The number of aliphatic carboxylic acids is 1. The maximum atomic E-state index is 12.4. The van der Waals surface area contributed by atoms with Crippen LogP contribution >= 0.6 is 11.3 Å². The van der Waals surface area contributed by atoms with Crippen LogP contribution in [-0.4, -0.2) is 36.4 Å². The molecule has 1 heterocycles. The molecular formula is C16H19NO5S. The molecule has 0 aliphatic heterocycles. The lowest BCUT2D eigenvalue weighted by Gasteiger charge is -2.26. The van der Waals surface area contributed by atoms with Crippen LogP contribution in [0.25, 0.3) is 10.1 Å². The van der Waals surface area contributed by atoms with E-state index in [1.54, 1.807) is 39.3 Å². The van der Waals surface area contributed by atoms with Crippen LogP contribution in [0.1, 0.15) is 20.8 Å². The normalized spacial score (nSPS) is 11.3. The molecule has 2 aromatic rings. The number of benzene rings is 1. The maximum Gasteiger partial charge on any atom is 0.415 e. The molecule has 1 N–H and O–H groups in total. The highest BCUT2D eigenvalue weighted by molar-refractivity contribution is 7.17. The van der Waals surface area contributed by atoms with Gasteiger partial charge in [0.25, 0.3) is 0 Å². The molecule has 2 rings (SSSR count). The first-order valence-corrected chi connectivity index (χ1v) is 7.87. The van der Waals surface area contributed by atoms with E-state index < -0.39 is 24.2 Å². The Morgan fingerprint density at radius 1 is 1.30 bits per heavy atom. The summed E-state index contributed by atoms with van der Waals surface area (Å²) in [7, 11) is 1.55. The fourth-order valence-electron chi connectivity index (χ4n) is 2.03. The highest BCUT2D eigenvalue weighted by Gasteiger charge is 2.27. The topological polar surface area (TPSA) is 76.1 Å². The number of methoxy groups -OCH3 is 1. The van der Waals surface area contributed by atoms with Crippen LogP contribution in [0.3, 0.4) is 0 Å². The minimum Gasteiger partial charge on any atom is -0.497 e. The van der Waals surface area contributed by atoms with Gasteiger partial charge in [0.05, 0.1) is 12.8 Å². The van der Waals surface area contributed by atoms with Crippen LogP contribution < -0.4 is 9.64 Å². The summed E-state index contributed by atoms with van der Waals surface area (Å²) in [6.07, 6.45) is -0.692. The van der Waals surface area contributed by atoms with E-state index in [1.807, 2.05) is 12.1 Å². The summed E-state index contributed by atoms with van der Waals surface area (Å²) < 4.78 is 11.5. The number of anilines is 1. The second-order valence-corrected chi connectivity index (χ2v) is 6.85. The van der Waals surface area contributed by atoms with Crippen molar-refractivity contribution in [3.05, 3.63) is 23.6 Å². The number of ether oxygens (including phenoxy) is 2. The Hall–Kier alpha value is -2.28. The summed E-state index contributed by atoms with van der Waals surface area (Å²) >= 11 is 1.43. The lowest BCUT2D eigenvalue weighted by atomic mass is 10.2. The van der Waals surface area contributed by atoms with Crippen molar-refractivity contribution in [3.63, 3.8) is 0 Å². The second-order valence-electron chi connectivity index (χ2n) is 5.94. The number of amides is 1. The smallest absolute Gasteiger partial charge is 0.415 e. The van der Waals surface area contributed by atoms with Crippen molar-refractivity contribution in [2.45, 2.75) is 26.4 Å². The van der Waals surface area contributed by atoms with Gasteiger partial charge in [-0.3, -0.25) is 9.69 Å². The zero-order valence-corrected chi connectivity index (χ0v) is 14.3. The fourth-order valence-corrected chi connectivity index (χ4v) is 2.96. The van der Waals surface area contributed by atoms with Gasteiger partial charge in [0.1, 0.15) is 17.9 Å². The van der Waals surface area contributed by atoms with Crippen molar-refractivity contribution in [2.75, 3.05) is 18.6 Å². The fraction of sp³-hybridized carbons (Fsp3) is 0.375. The van der Waals surface area contributed by atoms with E-state index in [1.165, 1.54) is 11.3 Å². The third kappa shape index (κ3) is 4.13. The molecular weight excluding hydrogens is 318 g/mol. The molecule has 23 heavy (non-hydrogen) atoms. The maximum absolute atomic E-state index is 12.4. The first kappa shape index (κ1) is 17.1. The summed E-state index contributed by atoms with van der Waals surface area (Å²) in [5, 5.41) is 11.6. The minimum atomic E-state index is -1.11. The van der Waals surface area contributed by atoms with E-state index in [4.69, 9.17) is 14.6 Å². The molecule has 0 aliphatic carbocycles. The van der Waals surface area contributed by atoms with Gasteiger partial charge in [0, 0.05) is 15.5 Å². The van der Waals surface area contributed by atoms with Crippen molar-refractivity contribution >= 4 is 39.2 Å². The average Bonchev–Trinajstić information content (AvgIpc) is 2.85. The number of carboxylic acids is 1. The van der Waals surface area contributed by atoms with Gasteiger partial charge in [-0.05, 0) is 39.0 Å². The summed E-state index contributed by atoms with van der Waals surface area (Å²) in [6.45, 7) is 4.73. The highest BCUT2D eigenvalue weighted by Crippen LogP contribution is 2.36. The van der Waals surface area contributed by atoms with E-state index in [0.29, 0.717) is 11.4 Å². The third-order valence-electron chi connectivity index (χ3n) is 2.96. The molecule has 0 atom stereocenters. The monoisotopic (exact) mass is 337 g/mol. The predicted octanol–water partition coefficient (Wildman–Crippen LogP) is 3.74. The molecule has 6 nitrogen and oxygen atoms in total. The summed E-state index contributed by atoms with van der Waals surface area (Å²) in [6, 6.07) is 5.47. The van der Waals surface area contributed by atoms with Gasteiger partial charge in [-0.2, -0.15) is 0 Å². The Labute approximate surface area is 138 Å². The van der Waals surface area contributed by atoms with Gasteiger partial charge in [0.15, 0.2) is 0 Å². The largest absolute Gasteiger partial charge is 0.497 e. The third-order valence-corrected chi connectivity index (χ3v) is 3.91. The van der Waals surface area contributed by atoms with E-state index in [0.717, 1.165) is 15.0 Å². The number of carbonyl (C=O) groups is 2. The number of hydrogen-bond donors (Lipinski definition) is 1. The number of rotatable bonds is 4. The lowest BCUT2D eigenvalue weighted by Crippen LogP contribution is -2.39. The molecule has 0 fully saturated rings. The molecule has 1 aromatic heterocycles. The second kappa shape index (κ2) is 6.45. The molecule has 1 amide bonds. The molecule has 0 radical (unpaired) electrons. The van der Waals surface area contributed by atoms with Crippen LogP contribution in [0, 0.1) is 0 Å². The number of fused-ring (bicyclic) bond motifs is 1. The van der Waals surface area contributed by atoms with Crippen LogP contribution in [0.2, 0.25) is 0 Å². The Morgan fingerprint density at radius 3 is 2.57 bits per heavy atom. The quantitative estimate of drug-likeness (QED) is 0.920. The Kier molecular flexibility index (Phi) is 4.79. The van der Waals surface area contributed by atoms with Crippen molar-refractivity contribution in [1.29, 1.82) is 0 Å². The zero-order chi connectivity index (χ0) is 17.2. The Morgan fingerprint density at radius 2 is 2.00 bits per heavy atom. The molecule has 0 spiro atoms. The summed E-state index contributed by atoms with van der Waals surface area (Å²) in [5.74, 6) is -0.477. The number of nitrogens with zero attached hydrogens (tertiary/aromatic N) is 1. The molecule has 0 aliphatic rings. The molecule has 0 unspecified atom stereocenters. The molecule has 0 saturated carbocycles. The van der Waals surface area contributed by atoms with Gasteiger partial charge < -0.3 is 14.6 Å². The van der Waals surface area contributed by atoms with Crippen molar-refractivity contribution in [3.8, 4) is 5.75 Å². The Bertz CT molecular complexity index is 732. The molecule has 7 heteroatoms. The number of hydrogen-bond acceptors (Lipinski definition) is 5. The first-order chi connectivity index (χ1) is 10.7. The van der Waals surface area contributed by atoms with Crippen LogP contribution in [0.4, 0.5) is 10.5 Å². The first-order valence-electron chi connectivity index (χ1n) is 6.99. The average molecular weight is 337 g/mol. The van der Waals surface area contributed by atoms with Crippen LogP contribution in [0.5, 0.6) is 5.75 Å². The van der Waals surface area contributed by atoms with Gasteiger partial charge in [-0.1, -0.05) is 0 Å². The summed E-state index contributed by atoms with van der Waals surface area (Å²) in [4.78, 5) is 24.7. The van der Waals surface area contributed by atoms with Crippen LogP contribution in [-0.2, 0) is 9.53 Å². The zero-order valence-electron chi connectivity index (χ0n) is 13.5. The Balaban J connectivity index is 2.46. The van der Waals surface area contributed by atoms with Gasteiger partial charge in [-0.15, -0.1) is 11.3 Å². The van der Waals surface area contributed by atoms with E-state index >= 15 is 0 Å². The van der Waals surface area contributed by atoms with E-state index in [2.05, 4.69) is 0 Å². The van der Waals surface area contributed by atoms with Crippen molar-refractivity contribution in [1.82, 2.24) is 0 Å². The van der Waals surface area contributed by atoms with Crippen molar-refractivity contribution in [2.24, 2.45) is 0 Å². The highest BCUT2D eigenvalue weighted by atomic mass is 32.1. The van der Waals surface area contributed by atoms with Gasteiger partial charge in [0.2, 0.25) is 0 Å². The van der Waals surface area contributed by atoms with Gasteiger partial charge in [-0.25, -0.2) is 4.79 Å². The minimum absolute atomic E-state index is 0.474. The SMILES string of the molecule is COc1ccc2scc(N(CC(=O)O)C(=O)OC(C)(C)C)c2c1. The van der Waals surface area contributed by atoms with Crippen molar-refractivity contribution < 1.29 is 24.2 Å². The van der Waals surface area contributed by atoms with Gasteiger partial charge >= 0.3 is 12.1 Å². The van der Waals surface area contributed by atoms with Crippen LogP contribution in [0.15, 0.2) is 23.6 Å². The number of thiophene rings is 1. The molecule has 0 saturated heterocycles. The molecule has 124 valence electrons. The van der Waals surface area contributed by atoms with E-state index in [-0.39, 0.29) is 0 Å². The standard InChI is InChI=1S/C16H19NO5S/c1-16(2,3)22-15(20)17(8-14(18)19)12-9-23-13-6-5-10(21-4)7-11(12)13/h5-7,9H,8H2,1-4H3,(H,18,19).